The number of rotatable bonds is 7. The summed E-state index contributed by atoms with van der Waals surface area (Å²) in [5, 5.41) is 0.993. The van der Waals surface area contributed by atoms with Gasteiger partial charge in [0.15, 0.2) is 5.78 Å². The van der Waals surface area contributed by atoms with Crippen molar-refractivity contribution in [1.82, 2.24) is 9.88 Å². The Hall–Kier alpha value is -1.65. The van der Waals surface area contributed by atoms with Crippen LogP contribution >= 0.6 is 0 Å². The average Bonchev–Trinajstić information content (AvgIpc) is 2.88. The second kappa shape index (κ2) is 6.68. The SMILES string of the molecule is CCN(CC(=O)c1c[nH]c2ccccc12)C(C)COC. The van der Waals surface area contributed by atoms with Gasteiger partial charge >= 0.3 is 0 Å². The van der Waals surface area contributed by atoms with Gasteiger partial charge in [-0.2, -0.15) is 0 Å². The van der Waals surface area contributed by atoms with E-state index in [4.69, 9.17) is 4.74 Å². The van der Waals surface area contributed by atoms with Crippen LogP contribution in [-0.2, 0) is 4.74 Å². The van der Waals surface area contributed by atoms with Crippen LogP contribution in [0.25, 0.3) is 10.9 Å². The highest BCUT2D eigenvalue weighted by Crippen LogP contribution is 2.18. The molecule has 0 bridgehead atoms. The minimum Gasteiger partial charge on any atom is -0.383 e. The number of fused-ring (bicyclic) bond motifs is 1. The van der Waals surface area contributed by atoms with Crippen LogP contribution in [0.15, 0.2) is 30.5 Å². The number of likely N-dealkylation sites (N-methyl/N-ethyl adjacent to an activating group) is 1. The standard InChI is InChI=1S/C16H22N2O2/c1-4-18(12(2)11-20-3)10-16(19)14-9-17-15-8-6-5-7-13(14)15/h5-9,12,17H,4,10-11H2,1-3H3. The highest BCUT2D eigenvalue weighted by molar-refractivity contribution is 6.08. The van der Waals surface area contributed by atoms with Crippen LogP contribution in [0.3, 0.4) is 0 Å². The summed E-state index contributed by atoms with van der Waals surface area (Å²) in [5.74, 6) is 0.146. The molecule has 0 fully saturated rings. The summed E-state index contributed by atoms with van der Waals surface area (Å²) in [6.45, 7) is 6.03. The fraction of sp³-hybridized carbons (Fsp3) is 0.438. The maximum atomic E-state index is 12.5. The highest BCUT2D eigenvalue weighted by atomic mass is 16.5. The number of aromatic amines is 1. The number of ketones is 1. The van der Waals surface area contributed by atoms with E-state index in [1.165, 1.54) is 0 Å². The molecule has 2 rings (SSSR count). The van der Waals surface area contributed by atoms with Gasteiger partial charge in [0.05, 0.1) is 13.2 Å². The molecule has 20 heavy (non-hydrogen) atoms. The number of carbonyl (C=O) groups excluding carboxylic acids is 1. The Morgan fingerprint density at radius 2 is 2.15 bits per heavy atom. The van der Waals surface area contributed by atoms with E-state index in [-0.39, 0.29) is 11.8 Å². The van der Waals surface area contributed by atoms with Gasteiger partial charge in [-0.05, 0) is 19.5 Å². The average molecular weight is 274 g/mol. The van der Waals surface area contributed by atoms with E-state index in [0.29, 0.717) is 13.2 Å². The third-order valence-corrected chi connectivity index (χ3v) is 3.67. The third-order valence-electron chi connectivity index (χ3n) is 3.67. The molecule has 4 heteroatoms. The van der Waals surface area contributed by atoms with Crippen LogP contribution in [0.1, 0.15) is 24.2 Å². The molecule has 0 aliphatic carbocycles. The lowest BCUT2D eigenvalue weighted by Gasteiger charge is -2.26. The molecule has 0 aliphatic heterocycles. The Morgan fingerprint density at radius 3 is 2.85 bits per heavy atom. The Labute approximate surface area is 119 Å². The third kappa shape index (κ3) is 3.08. The number of nitrogens with one attached hydrogen (secondary N) is 1. The van der Waals surface area contributed by atoms with Crippen LogP contribution in [-0.4, -0.2) is 48.5 Å². The molecule has 1 aromatic heterocycles. The molecule has 1 heterocycles. The molecule has 0 amide bonds. The summed E-state index contributed by atoms with van der Waals surface area (Å²) < 4.78 is 5.17. The van der Waals surface area contributed by atoms with Gasteiger partial charge in [0.2, 0.25) is 0 Å². The van der Waals surface area contributed by atoms with Crippen molar-refractivity contribution in [2.75, 3.05) is 26.8 Å². The first-order chi connectivity index (χ1) is 9.67. The van der Waals surface area contributed by atoms with E-state index < -0.39 is 0 Å². The normalized spacial score (nSPS) is 13.0. The Bertz CT molecular complexity index is 577. The minimum absolute atomic E-state index is 0.146. The lowest BCUT2D eigenvalue weighted by atomic mass is 10.1. The van der Waals surface area contributed by atoms with Crippen molar-refractivity contribution in [3.63, 3.8) is 0 Å². The maximum Gasteiger partial charge on any atom is 0.178 e. The second-order valence-corrected chi connectivity index (χ2v) is 5.04. The predicted molar refractivity (Wildman–Crippen MR) is 81.2 cm³/mol. The monoisotopic (exact) mass is 274 g/mol. The summed E-state index contributed by atoms with van der Waals surface area (Å²) in [6, 6.07) is 8.12. The van der Waals surface area contributed by atoms with Crippen LogP contribution < -0.4 is 0 Å². The summed E-state index contributed by atoms with van der Waals surface area (Å²) in [5.41, 5.74) is 1.77. The Balaban J connectivity index is 2.14. The van der Waals surface area contributed by atoms with E-state index in [2.05, 4.69) is 23.7 Å². The van der Waals surface area contributed by atoms with E-state index in [0.717, 1.165) is 23.0 Å². The number of nitrogens with zero attached hydrogens (tertiary/aromatic N) is 1. The number of ether oxygens (including phenoxy) is 1. The number of Topliss-reactive ketones (excluding diaryl/α,β-unsaturated/α-hetero) is 1. The van der Waals surface area contributed by atoms with Gasteiger partial charge in [0.1, 0.15) is 0 Å². The number of hydrogen-bond donors (Lipinski definition) is 1. The molecule has 1 atom stereocenters. The molecule has 108 valence electrons. The summed E-state index contributed by atoms with van der Waals surface area (Å²) >= 11 is 0. The van der Waals surface area contributed by atoms with E-state index >= 15 is 0 Å². The van der Waals surface area contributed by atoms with Gasteiger partial charge in [0.25, 0.3) is 0 Å². The number of methoxy groups -OCH3 is 1. The maximum absolute atomic E-state index is 12.5. The van der Waals surface area contributed by atoms with Crippen LogP contribution in [0.4, 0.5) is 0 Å². The zero-order chi connectivity index (χ0) is 14.5. The summed E-state index contributed by atoms with van der Waals surface area (Å²) in [6.07, 6.45) is 1.81. The first kappa shape index (κ1) is 14.8. The quantitative estimate of drug-likeness (QED) is 0.790. The van der Waals surface area contributed by atoms with Crippen molar-refractivity contribution < 1.29 is 9.53 Å². The number of carbonyl (C=O) groups is 1. The zero-order valence-corrected chi connectivity index (χ0v) is 12.3. The molecule has 4 nitrogen and oxygen atoms in total. The van der Waals surface area contributed by atoms with Crippen LogP contribution in [0.2, 0.25) is 0 Å². The molecule has 2 aromatic rings. The van der Waals surface area contributed by atoms with Crippen LogP contribution in [0.5, 0.6) is 0 Å². The zero-order valence-electron chi connectivity index (χ0n) is 12.3. The van der Waals surface area contributed by atoms with Crippen molar-refractivity contribution in [1.29, 1.82) is 0 Å². The topological polar surface area (TPSA) is 45.3 Å². The molecule has 0 radical (unpaired) electrons. The summed E-state index contributed by atoms with van der Waals surface area (Å²) in [7, 11) is 1.69. The molecule has 1 aromatic carbocycles. The Morgan fingerprint density at radius 1 is 1.40 bits per heavy atom. The van der Waals surface area contributed by atoms with E-state index in [9.17, 15) is 4.79 Å². The first-order valence-corrected chi connectivity index (χ1v) is 6.99. The fourth-order valence-corrected chi connectivity index (χ4v) is 2.50. The number of hydrogen-bond acceptors (Lipinski definition) is 3. The smallest absolute Gasteiger partial charge is 0.178 e. The lowest BCUT2D eigenvalue weighted by molar-refractivity contribution is 0.0789. The van der Waals surface area contributed by atoms with Crippen molar-refractivity contribution >= 4 is 16.7 Å². The molecule has 0 aliphatic rings. The van der Waals surface area contributed by atoms with Gasteiger partial charge in [-0.1, -0.05) is 25.1 Å². The molecule has 1 N–H and O–H groups in total. The highest BCUT2D eigenvalue weighted by Gasteiger charge is 2.18. The first-order valence-electron chi connectivity index (χ1n) is 6.99. The Kier molecular flexibility index (Phi) is 4.93. The molecule has 0 saturated carbocycles. The minimum atomic E-state index is 0.146. The largest absolute Gasteiger partial charge is 0.383 e. The second-order valence-electron chi connectivity index (χ2n) is 5.04. The lowest BCUT2D eigenvalue weighted by Crippen LogP contribution is -2.39. The van der Waals surface area contributed by atoms with Gasteiger partial charge < -0.3 is 9.72 Å². The van der Waals surface area contributed by atoms with E-state index in [1.54, 1.807) is 7.11 Å². The number of aromatic nitrogens is 1. The number of H-pyrrole nitrogens is 1. The molecule has 1 unspecified atom stereocenters. The number of para-hydroxylation sites is 1. The van der Waals surface area contributed by atoms with Gasteiger partial charge in [-0.15, -0.1) is 0 Å². The van der Waals surface area contributed by atoms with Crippen molar-refractivity contribution in [3.05, 3.63) is 36.0 Å². The van der Waals surface area contributed by atoms with Gasteiger partial charge in [-0.25, -0.2) is 0 Å². The molecular formula is C16H22N2O2. The predicted octanol–water partition coefficient (Wildman–Crippen LogP) is 2.71. The van der Waals surface area contributed by atoms with E-state index in [1.807, 2.05) is 30.5 Å². The summed E-state index contributed by atoms with van der Waals surface area (Å²) in [4.78, 5) is 17.8. The number of benzene rings is 1. The van der Waals surface area contributed by atoms with Gasteiger partial charge in [0, 0.05) is 35.8 Å². The van der Waals surface area contributed by atoms with Crippen molar-refractivity contribution in [2.24, 2.45) is 0 Å². The van der Waals surface area contributed by atoms with Gasteiger partial charge in [-0.3, -0.25) is 9.69 Å². The molecular weight excluding hydrogens is 252 g/mol. The molecule has 0 spiro atoms. The fourth-order valence-electron chi connectivity index (χ4n) is 2.50. The van der Waals surface area contributed by atoms with Crippen molar-refractivity contribution in [3.8, 4) is 0 Å². The van der Waals surface area contributed by atoms with Crippen LogP contribution in [0, 0.1) is 0 Å². The van der Waals surface area contributed by atoms with Crippen molar-refractivity contribution in [2.45, 2.75) is 19.9 Å². The molecule has 0 saturated heterocycles.